The van der Waals surface area contributed by atoms with Crippen LogP contribution in [0.15, 0.2) is 17.8 Å². The standard InChI is InChI=1S/C13H20N4O2S/c1-2-8-17-12(10-3-6-14-7-4-10)15-16-13(17)20-9-5-11(18)19/h2,10,14H,1,3-9H2,(H,18,19). The summed E-state index contributed by atoms with van der Waals surface area (Å²) in [6, 6.07) is 0. The van der Waals surface area contributed by atoms with Gasteiger partial charge < -0.3 is 15.0 Å². The molecule has 7 heteroatoms. The van der Waals surface area contributed by atoms with Crippen molar-refractivity contribution in [1.29, 1.82) is 0 Å². The number of hydrogen-bond donors (Lipinski definition) is 2. The van der Waals surface area contributed by atoms with Gasteiger partial charge >= 0.3 is 5.97 Å². The van der Waals surface area contributed by atoms with Crippen molar-refractivity contribution < 1.29 is 9.90 Å². The number of allylic oxidation sites excluding steroid dienone is 1. The zero-order valence-corrected chi connectivity index (χ0v) is 12.2. The summed E-state index contributed by atoms with van der Waals surface area (Å²) in [5.41, 5.74) is 0. The van der Waals surface area contributed by atoms with Gasteiger partial charge in [0.25, 0.3) is 0 Å². The molecule has 0 radical (unpaired) electrons. The van der Waals surface area contributed by atoms with Crippen LogP contribution in [-0.2, 0) is 11.3 Å². The SMILES string of the molecule is C=CCn1c(SCCC(=O)O)nnc1C1CCNCC1. The van der Waals surface area contributed by atoms with Crippen molar-refractivity contribution in [2.45, 2.75) is 36.9 Å². The molecular weight excluding hydrogens is 276 g/mol. The van der Waals surface area contributed by atoms with E-state index in [4.69, 9.17) is 5.11 Å². The van der Waals surface area contributed by atoms with Crippen molar-refractivity contribution in [3.8, 4) is 0 Å². The summed E-state index contributed by atoms with van der Waals surface area (Å²) in [4.78, 5) is 10.6. The van der Waals surface area contributed by atoms with Crippen LogP contribution in [0.4, 0.5) is 0 Å². The van der Waals surface area contributed by atoms with E-state index in [2.05, 4.69) is 26.7 Å². The number of aromatic nitrogens is 3. The first kappa shape index (κ1) is 15.1. The molecule has 20 heavy (non-hydrogen) atoms. The fourth-order valence-electron chi connectivity index (χ4n) is 2.32. The van der Waals surface area contributed by atoms with Gasteiger partial charge in [-0.1, -0.05) is 17.8 Å². The lowest BCUT2D eigenvalue weighted by Crippen LogP contribution is -2.28. The number of carboxylic acid groups (broad SMARTS) is 1. The number of nitrogens with zero attached hydrogens (tertiary/aromatic N) is 3. The molecule has 1 saturated heterocycles. The Hall–Kier alpha value is -1.34. The maximum absolute atomic E-state index is 10.6. The van der Waals surface area contributed by atoms with E-state index in [1.807, 2.05) is 6.08 Å². The number of piperidine rings is 1. The van der Waals surface area contributed by atoms with Crippen LogP contribution >= 0.6 is 11.8 Å². The third-order valence-corrected chi connectivity index (χ3v) is 4.28. The Morgan fingerprint density at radius 2 is 2.25 bits per heavy atom. The molecule has 0 spiro atoms. The second-order valence-electron chi connectivity index (χ2n) is 4.76. The molecule has 110 valence electrons. The molecule has 0 atom stereocenters. The average Bonchev–Trinajstić information content (AvgIpc) is 2.83. The van der Waals surface area contributed by atoms with Gasteiger partial charge in [-0.15, -0.1) is 16.8 Å². The summed E-state index contributed by atoms with van der Waals surface area (Å²) < 4.78 is 2.06. The molecule has 2 N–H and O–H groups in total. The number of thioether (sulfide) groups is 1. The van der Waals surface area contributed by atoms with Crippen LogP contribution in [0, 0.1) is 0 Å². The lowest BCUT2D eigenvalue weighted by Gasteiger charge is -2.22. The predicted octanol–water partition coefficient (Wildman–Crippen LogP) is 1.50. The fourth-order valence-corrected chi connectivity index (χ4v) is 3.20. The Balaban J connectivity index is 2.09. The van der Waals surface area contributed by atoms with Crippen LogP contribution in [-0.4, -0.2) is 44.7 Å². The van der Waals surface area contributed by atoms with Gasteiger partial charge in [0, 0.05) is 18.2 Å². The molecular formula is C13H20N4O2S. The van der Waals surface area contributed by atoms with Gasteiger partial charge in [-0.3, -0.25) is 4.79 Å². The first-order chi connectivity index (χ1) is 9.72. The minimum Gasteiger partial charge on any atom is -0.481 e. The van der Waals surface area contributed by atoms with Crippen LogP contribution in [0.25, 0.3) is 0 Å². The average molecular weight is 296 g/mol. The lowest BCUT2D eigenvalue weighted by molar-refractivity contribution is -0.136. The Bertz CT molecular complexity index is 469. The maximum atomic E-state index is 10.6. The van der Waals surface area contributed by atoms with Crippen molar-refractivity contribution in [1.82, 2.24) is 20.1 Å². The Kier molecular flexibility index (Phi) is 5.60. The number of carbonyl (C=O) groups is 1. The predicted molar refractivity (Wildman–Crippen MR) is 78.0 cm³/mol. The van der Waals surface area contributed by atoms with Gasteiger partial charge in [0.1, 0.15) is 5.82 Å². The monoisotopic (exact) mass is 296 g/mol. The minimum atomic E-state index is -0.786. The van der Waals surface area contributed by atoms with Gasteiger partial charge in [-0.05, 0) is 25.9 Å². The molecule has 0 aliphatic carbocycles. The molecule has 1 aliphatic heterocycles. The largest absolute Gasteiger partial charge is 0.481 e. The first-order valence-corrected chi connectivity index (χ1v) is 7.80. The number of carboxylic acids is 1. The van der Waals surface area contributed by atoms with Crippen LogP contribution < -0.4 is 5.32 Å². The second-order valence-corrected chi connectivity index (χ2v) is 5.82. The van der Waals surface area contributed by atoms with E-state index in [1.165, 1.54) is 11.8 Å². The van der Waals surface area contributed by atoms with Crippen molar-refractivity contribution in [3.63, 3.8) is 0 Å². The van der Waals surface area contributed by atoms with E-state index in [1.54, 1.807) is 0 Å². The molecule has 0 unspecified atom stereocenters. The molecule has 1 aliphatic rings. The van der Waals surface area contributed by atoms with E-state index in [9.17, 15) is 4.79 Å². The Morgan fingerprint density at radius 1 is 1.50 bits per heavy atom. The molecule has 0 saturated carbocycles. The summed E-state index contributed by atoms with van der Waals surface area (Å²) >= 11 is 1.45. The van der Waals surface area contributed by atoms with Crippen LogP contribution in [0.3, 0.4) is 0 Å². The Morgan fingerprint density at radius 3 is 2.90 bits per heavy atom. The summed E-state index contributed by atoms with van der Waals surface area (Å²) in [5.74, 6) is 1.16. The van der Waals surface area contributed by atoms with Gasteiger partial charge in [0.05, 0.1) is 6.42 Å². The van der Waals surface area contributed by atoms with Crippen molar-refractivity contribution >= 4 is 17.7 Å². The van der Waals surface area contributed by atoms with Gasteiger partial charge in [0.15, 0.2) is 5.16 Å². The maximum Gasteiger partial charge on any atom is 0.304 e. The molecule has 0 aromatic carbocycles. The van der Waals surface area contributed by atoms with Gasteiger partial charge in [0.2, 0.25) is 0 Å². The number of aliphatic carboxylic acids is 1. The van der Waals surface area contributed by atoms with Crippen LogP contribution in [0.2, 0.25) is 0 Å². The summed E-state index contributed by atoms with van der Waals surface area (Å²) in [7, 11) is 0. The quantitative estimate of drug-likeness (QED) is 0.586. The highest BCUT2D eigenvalue weighted by Crippen LogP contribution is 2.27. The highest BCUT2D eigenvalue weighted by atomic mass is 32.2. The topological polar surface area (TPSA) is 80.0 Å². The lowest BCUT2D eigenvalue weighted by atomic mass is 9.97. The van der Waals surface area contributed by atoms with Crippen LogP contribution in [0.5, 0.6) is 0 Å². The smallest absolute Gasteiger partial charge is 0.304 e. The number of nitrogens with one attached hydrogen (secondary N) is 1. The summed E-state index contributed by atoms with van der Waals surface area (Å²) in [6.07, 6.45) is 4.09. The minimum absolute atomic E-state index is 0.133. The number of rotatable bonds is 7. The van der Waals surface area contributed by atoms with Gasteiger partial charge in [-0.25, -0.2) is 0 Å². The second kappa shape index (κ2) is 7.44. The van der Waals surface area contributed by atoms with E-state index >= 15 is 0 Å². The van der Waals surface area contributed by atoms with Crippen molar-refractivity contribution in [2.75, 3.05) is 18.8 Å². The molecule has 1 fully saturated rings. The van der Waals surface area contributed by atoms with Crippen LogP contribution in [0.1, 0.15) is 31.0 Å². The summed E-state index contributed by atoms with van der Waals surface area (Å²) in [6.45, 7) is 6.46. The first-order valence-electron chi connectivity index (χ1n) is 6.81. The molecule has 2 rings (SSSR count). The fraction of sp³-hybridized carbons (Fsp3) is 0.615. The van der Waals surface area contributed by atoms with E-state index in [0.29, 0.717) is 18.2 Å². The third kappa shape index (κ3) is 3.83. The van der Waals surface area contributed by atoms with E-state index in [0.717, 1.165) is 36.9 Å². The zero-order chi connectivity index (χ0) is 14.4. The molecule has 1 aromatic rings. The van der Waals surface area contributed by atoms with Crippen molar-refractivity contribution in [2.24, 2.45) is 0 Å². The molecule has 1 aromatic heterocycles. The molecule has 0 bridgehead atoms. The molecule has 2 heterocycles. The van der Waals surface area contributed by atoms with E-state index < -0.39 is 5.97 Å². The third-order valence-electron chi connectivity index (χ3n) is 3.31. The number of hydrogen-bond acceptors (Lipinski definition) is 5. The van der Waals surface area contributed by atoms with Crippen molar-refractivity contribution in [3.05, 3.63) is 18.5 Å². The van der Waals surface area contributed by atoms with Gasteiger partial charge in [-0.2, -0.15) is 0 Å². The normalized spacial score (nSPS) is 16.2. The molecule has 6 nitrogen and oxygen atoms in total. The summed E-state index contributed by atoms with van der Waals surface area (Å²) in [5, 5.41) is 21.4. The highest BCUT2D eigenvalue weighted by Gasteiger charge is 2.22. The van der Waals surface area contributed by atoms with E-state index in [-0.39, 0.29) is 6.42 Å². The molecule has 0 amide bonds. The Labute approximate surface area is 122 Å². The highest BCUT2D eigenvalue weighted by molar-refractivity contribution is 7.99. The zero-order valence-electron chi connectivity index (χ0n) is 11.4.